The molecule has 0 spiro atoms. The van der Waals surface area contributed by atoms with Gasteiger partial charge in [-0.15, -0.1) is 0 Å². The molecule has 1 rings (SSSR count). The lowest BCUT2D eigenvalue weighted by Gasteiger charge is -2.41. The fraction of sp³-hybridized carbons (Fsp3) is 0.870. The highest BCUT2D eigenvalue weighted by molar-refractivity contribution is 6.74. The van der Waals surface area contributed by atoms with Gasteiger partial charge in [0, 0.05) is 12.5 Å². The van der Waals surface area contributed by atoms with Crippen LogP contribution < -0.4 is 0 Å². The largest absolute Gasteiger partial charge is 0.453 e. The molecule has 0 aromatic carbocycles. The van der Waals surface area contributed by atoms with E-state index in [-0.39, 0.29) is 11.0 Å². The smallest absolute Gasteiger partial charge is 0.331 e. The molecule has 4 heteroatoms. The van der Waals surface area contributed by atoms with Crippen LogP contribution in [0.15, 0.2) is 12.2 Å². The van der Waals surface area contributed by atoms with Gasteiger partial charge in [-0.05, 0) is 31.0 Å². The highest BCUT2D eigenvalue weighted by Gasteiger charge is 2.42. The summed E-state index contributed by atoms with van der Waals surface area (Å²) in [6.07, 6.45) is 17.0. The maximum Gasteiger partial charge on any atom is 0.331 e. The zero-order chi connectivity index (χ0) is 20.4. The number of esters is 1. The van der Waals surface area contributed by atoms with Crippen molar-refractivity contribution in [2.45, 2.75) is 122 Å². The van der Waals surface area contributed by atoms with Crippen LogP contribution in [-0.4, -0.2) is 26.5 Å². The number of ether oxygens (including phenoxy) is 1. The van der Waals surface area contributed by atoms with E-state index in [1.165, 1.54) is 51.4 Å². The lowest BCUT2D eigenvalue weighted by Crippen LogP contribution is -2.48. The third-order valence-corrected chi connectivity index (χ3v) is 10.8. The molecule has 1 atom stereocenters. The van der Waals surface area contributed by atoms with Crippen molar-refractivity contribution in [2.24, 2.45) is 0 Å². The van der Waals surface area contributed by atoms with Crippen LogP contribution in [0.3, 0.4) is 0 Å². The van der Waals surface area contributed by atoms with Crippen LogP contribution in [-0.2, 0) is 14.0 Å². The van der Waals surface area contributed by atoms with Gasteiger partial charge in [0.2, 0.25) is 0 Å². The highest BCUT2D eigenvalue weighted by Crippen LogP contribution is 2.38. The first-order chi connectivity index (χ1) is 12.6. The normalized spacial score (nSPS) is 20.7. The van der Waals surface area contributed by atoms with Crippen molar-refractivity contribution >= 4 is 14.3 Å². The quantitative estimate of drug-likeness (QED) is 0.188. The lowest BCUT2D eigenvalue weighted by molar-refractivity contribution is -0.160. The molecule has 0 bridgehead atoms. The van der Waals surface area contributed by atoms with Crippen LogP contribution in [0.4, 0.5) is 0 Å². The van der Waals surface area contributed by atoms with Gasteiger partial charge in [0.05, 0.1) is 6.61 Å². The summed E-state index contributed by atoms with van der Waals surface area (Å²) in [4.78, 5) is 11.9. The zero-order valence-electron chi connectivity index (χ0n) is 18.9. The molecule has 0 aromatic heterocycles. The molecule has 158 valence electrons. The van der Waals surface area contributed by atoms with Crippen molar-refractivity contribution in [3.63, 3.8) is 0 Å². The third kappa shape index (κ3) is 8.95. The number of hydrogen-bond acceptors (Lipinski definition) is 3. The molecule has 1 aliphatic rings. The highest BCUT2D eigenvalue weighted by atomic mass is 28.4. The topological polar surface area (TPSA) is 35.5 Å². The van der Waals surface area contributed by atoms with Gasteiger partial charge < -0.3 is 9.16 Å². The average Bonchev–Trinajstić information content (AvgIpc) is 2.58. The van der Waals surface area contributed by atoms with Gasteiger partial charge >= 0.3 is 5.97 Å². The molecular weight excluding hydrogens is 352 g/mol. The number of carbonyl (C=O) groups excluding carboxylic acids is 1. The molecule has 0 saturated heterocycles. The Balaban J connectivity index is 2.44. The first-order valence-corrected chi connectivity index (χ1v) is 14.1. The zero-order valence-corrected chi connectivity index (χ0v) is 19.9. The summed E-state index contributed by atoms with van der Waals surface area (Å²) in [5.41, 5.74) is -0.456. The van der Waals surface area contributed by atoms with Gasteiger partial charge in [-0.1, -0.05) is 85.1 Å². The molecule has 0 fully saturated rings. The molecule has 3 nitrogen and oxygen atoms in total. The van der Waals surface area contributed by atoms with Crippen molar-refractivity contribution < 1.29 is 14.0 Å². The molecule has 1 heterocycles. The molecule has 0 amide bonds. The van der Waals surface area contributed by atoms with Gasteiger partial charge in [0.1, 0.15) is 5.60 Å². The minimum Gasteiger partial charge on any atom is -0.453 e. The van der Waals surface area contributed by atoms with E-state index < -0.39 is 13.9 Å². The van der Waals surface area contributed by atoms with Crippen LogP contribution in [0.5, 0.6) is 0 Å². The first kappa shape index (κ1) is 24.4. The number of hydrogen-bond donors (Lipinski definition) is 0. The van der Waals surface area contributed by atoms with E-state index in [9.17, 15) is 4.79 Å². The first-order valence-electron chi connectivity index (χ1n) is 11.2. The van der Waals surface area contributed by atoms with Crippen LogP contribution in [0.1, 0.15) is 98.3 Å². The summed E-state index contributed by atoms with van der Waals surface area (Å²) in [5, 5.41) is 0.167. The Bertz CT molecular complexity index is 465. The van der Waals surface area contributed by atoms with Gasteiger partial charge in [-0.25, -0.2) is 4.79 Å². The summed E-state index contributed by atoms with van der Waals surface area (Å²) < 4.78 is 12.3. The summed E-state index contributed by atoms with van der Waals surface area (Å²) in [7, 11) is -1.85. The predicted octanol–water partition coefficient (Wildman–Crippen LogP) is 7.17. The van der Waals surface area contributed by atoms with Crippen LogP contribution in [0.25, 0.3) is 0 Å². The molecule has 0 aliphatic carbocycles. The van der Waals surface area contributed by atoms with E-state index >= 15 is 0 Å². The number of unbranched alkanes of at least 4 members (excludes halogenated alkanes) is 8. The summed E-state index contributed by atoms with van der Waals surface area (Å²) in [5.74, 6) is -0.212. The van der Waals surface area contributed by atoms with Crippen molar-refractivity contribution in [1.82, 2.24) is 0 Å². The predicted molar refractivity (Wildman–Crippen MR) is 118 cm³/mol. The fourth-order valence-corrected chi connectivity index (χ4v) is 4.32. The molecule has 0 radical (unpaired) electrons. The van der Waals surface area contributed by atoms with Gasteiger partial charge in [-0.3, -0.25) is 0 Å². The van der Waals surface area contributed by atoms with Gasteiger partial charge in [0.15, 0.2) is 8.32 Å². The van der Waals surface area contributed by atoms with E-state index in [1.54, 1.807) is 6.08 Å². The van der Waals surface area contributed by atoms with E-state index in [2.05, 4.69) is 40.8 Å². The van der Waals surface area contributed by atoms with Crippen LogP contribution in [0, 0.1) is 0 Å². The van der Waals surface area contributed by atoms with Crippen molar-refractivity contribution in [3.05, 3.63) is 12.2 Å². The molecule has 27 heavy (non-hydrogen) atoms. The Kier molecular flexibility index (Phi) is 10.3. The second-order valence-electron chi connectivity index (χ2n) is 9.84. The maximum absolute atomic E-state index is 11.9. The Morgan fingerprint density at radius 2 is 1.59 bits per heavy atom. The number of cyclic esters (lactones) is 1. The van der Waals surface area contributed by atoms with Crippen LogP contribution >= 0.6 is 0 Å². The van der Waals surface area contributed by atoms with E-state index in [0.29, 0.717) is 6.61 Å². The molecule has 0 N–H and O–H groups in total. The monoisotopic (exact) mass is 396 g/mol. The summed E-state index contributed by atoms with van der Waals surface area (Å²) in [6.45, 7) is 14.1. The number of rotatable bonds is 13. The fourth-order valence-electron chi connectivity index (χ4n) is 3.26. The SMILES string of the molecule is CCCCCCCCCCC[C@]1(CO[Si](C)(C)C(C)(C)C)CC=CC(=O)O1. The van der Waals surface area contributed by atoms with Gasteiger partial charge in [0.25, 0.3) is 0 Å². The van der Waals surface area contributed by atoms with Gasteiger partial charge in [-0.2, -0.15) is 0 Å². The molecule has 0 aromatic rings. The minimum absolute atomic E-state index is 0.167. The Hall–Kier alpha value is -0.613. The van der Waals surface area contributed by atoms with Crippen molar-refractivity contribution in [1.29, 1.82) is 0 Å². The molecule has 1 aliphatic heterocycles. The van der Waals surface area contributed by atoms with Crippen molar-refractivity contribution in [2.75, 3.05) is 6.61 Å². The second-order valence-corrected chi connectivity index (χ2v) is 14.6. The maximum atomic E-state index is 11.9. The Morgan fingerprint density at radius 3 is 2.11 bits per heavy atom. The summed E-state index contributed by atoms with van der Waals surface area (Å²) >= 11 is 0. The standard InChI is InChI=1S/C23H44O3Si/c1-7-8-9-10-11-12-13-14-15-18-23(19-16-17-21(24)26-23)20-25-27(5,6)22(2,3)4/h16-17H,7-15,18-20H2,1-6H3/t23-/m1/s1. The average molecular weight is 397 g/mol. The molecule has 0 unspecified atom stereocenters. The van der Waals surface area contributed by atoms with E-state index in [1.807, 2.05) is 6.08 Å². The lowest BCUT2D eigenvalue weighted by atomic mass is 9.91. The third-order valence-electron chi connectivity index (χ3n) is 6.30. The Morgan fingerprint density at radius 1 is 1.04 bits per heavy atom. The van der Waals surface area contributed by atoms with E-state index in [0.717, 1.165) is 19.3 Å². The molecule has 0 saturated carbocycles. The van der Waals surface area contributed by atoms with Crippen LogP contribution in [0.2, 0.25) is 18.1 Å². The minimum atomic E-state index is -1.85. The van der Waals surface area contributed by atoms with Crippen molar-refractivity contribution in [3.8, 4) is 0 Å². The van der Waals surface area contributed by atoms with E-state index in [4.69, 9.17) is 9.16 Å². The molecular formula is C23H44O3Si. The Labute approximate surface area is 169 Å². The summed E-state index contributed by atoms with van der Waals surface area (Å²) in [6, 6.07) is 0. The number of carbonyl (C=O) groups is 1. The second kappa shape index (κ2) is 11.4.